The number of carbonyl (C=O) groups is 1. The molecule has 0 radical (unpaired) electrons. The molecule has 1 N–H and O–H groups in total. The molecule has 0 bridgehead atoms. The average Bonchev–Trinajstić information content (AvgIpc) is 3.51. The number of allylic oxidation sites excluding steroid dienone is 3. The van der Waals surface area contributed by atoms with Gasteiger partial charge in [0.2, 0.25) is 5.91 Å². The molecule has 0 aromatic rings. The SMILES string of the molecule is CC(C=C[C@@H]1C[C@]2(CO2)CC(C)(C)O1)=CCC1CCC(NC(=O)C=C[C@H](C)O[Si](C)(C)C(C)(C)C)CC1. The van der Waals surface area contributed by atoms with E-state index < -0.39 is 8.32 Å². The summed E-state index contributed by atoms with van der Waals surface area (Å²) in [6, 6.07) is 0.277. The third-order valence-corrected chi connectivity index (χ3v) is 13.3. The third-order valence-electron chi connectivity index (χ3n) is 8.69. The molecule has 5 nitrogen and oxygen atoms in total. The first-order valence-corrected chi connectivity index (χ1v) is 17.3. The zero-order valence-electron chi connectivity index (χ0n) is 25.0. The van der Waals surface area contributed by atoms with Gasteiger partial charge in [-0.1, -0.05) is 50.6 Å². The minimum absolute atomic E-state index is 0.00138. The first-order chi connectivity index (χ1) is 17.1. The molecule has 0 aromatic carbocycles. The Labute approximate surface area is 227 Å². The molecule has 6 heteroatoms. The van der Waals surface area contributed by atoms with Crippen molar-refractivity contribution < 1.29 is 18.7 Å². The third kappa shape index (κ3) is 9.49. The Hall–Kier alpha value is -1.21. The molecule has 0 unspecified atom stereocenters. The molecule has 3 atom stereocenters. The van der Waals surface area contributed by atoms with Crippen LogP contribution in [0.4, 0.5) is 0 Å². The minimum Gasteiger partial charge on any atom is -0.411 e. The highest BCUT2D eigenvalue weighted by molar-refractivity contribution is 6.74. The Morgan fingerprint density at radius 3 is 2.41 bits per heavy atom. The Kier molecular flexibility index (Phi) is 9.75. The van der Waals surface area contributed by atoms with E-state index in [1.54, 1.807) is 6.08 Å². The number of hydrogen-bond donors (Lipinski definition) is 1. The van der Waals surface area contributed by atoms with Gasteiger partial charge in [0.1, 0.15) is 0 Å². The molecule has 3 aliphatic rings. The van der Waals surface area contributed by atoms with E-state index in [0.717, 1.165) is 51.6 Å². The standard InChI is InChI=1S/C31H53NO4Si/c1-23(11-18-27-20-31(22-34-31)21-30(6,7)35-27)10-13-25-14-16-26(17-15-25)32-28(33)19-12-24(2)36-37(8,9)29(3,4)5/h10-12,18-19,24-27H,13-17,20-22H2,1-9H3,(H,32,33)/t24-,25?,26?,27+,31+/m0/s1. The maximum atomic E-state index is 12.5. The van der Waals surface area contributed by atoms with Crippen LogP contribution in [0, 0.1) is 5.92 Å². The number of epoxide rings is 1. The maximum Gasteiger partial charge on any atom is 0.243 e. The summed E-state index contributed by atoms with van der Waals surface area (Å²) in [6.07, 6.45) is 17.9. The van der Waals surface area contributed by atoms with Crippen LogP contribution in [0.5, 0.6) is 0 Å². The molecular weight excluding hydrogens is 478 g/mol. The second-order valence-electron chi connectivity index (χ2n) is 14.0. The van der Waals surface area contributed by atoms with Crippen LogP contribution in [0.25, 0.3) is 0 Å². The van der Waals surface area contributed by atoms with Gasteiger partial charge in [-0.05, 0) is 83.8 Å². The van der Waals surface area contributed by atoms with Crippen molar-refractivity contribution in [2.24, 2.45) is 5.92 Å². The molecule has 2 saturated heterocycles. The summed E-state index contributed by atoms with van der Waals surface area (Å²) in [5.41, 5.74) is 1.24. The fraction of sp³-hybridized carbons (Fsp3) is 0.774. The summed E-state index contributed by atoms with van der Waals surface area (Å²) in [6.45, 7) is 20.6. The number of nitrogens with one attached hydrogen (secondary N) is 1. The van der Waals surface area contributed by atoms with Crippen molar-refractivity contribution >= 4 is 14.2 Å². The molecule has 37 heavy (non-hydrogen) atoms. The van der Waals surface area contributed by atoms with Gasteiger partial charge < -0.3 is 19.2 Å². The summed E-state index contributed by atoms with van der Waals surface area (Å²) in [5, 5.41) is 3.37. The Bertz CT molecular complexity index is 864. The van der Waals surface area contributed by atoms with Gasteiger partial charge in [0.05, 0.1) is 30.0 Å². The van der Waals surface area contributed by atoms with E-state index in [4.69, 9.17) is 13.9 Å². The number of rotatable bonds is 9. The topological polar surface area (TPSA) is 60.1 Å². The second-order valence-corrected chi connectivity index (χ2v) is 18.7. The zero-order valence-corrected chi connectivity index (χ0v) is 26.0. The van der Waals surface area contributed by atoms with Gasteiger partial charge in [-0.2, -0.15) is 0 Å². The summed E-state index contributed by atoms with van der Waals surface area (Å²) in [5.74, 6) is 0.694. The highest BCUT2D eigenvalue weighted by Gasteiger charge is 2.53. The van der Waals surface area contributed by atoms with E-state index in [-0.39, 0.29) is 40.4 Å². The fourth-order valence-corrected chi connectivity index (χ4v) is 6.87. The van der Waals surface area contributed by atoms with Gasteiger partial charge in [-0.15, -0.1) is 0 Å². The molecule has 3 fully saturated rings. The van der Waals surface area contributed by atoms with E-state index in [1.165, 1.54) is 5.57 Å². The first kappa shape index (κ1) is 30.3. The van der Waals surface area contributed by atoms with Gasteiger partial charge >= 0.3 is 0 Å². The molecule has 1 spiro atoms. The van der Waals surface area contributed by atoms with Gasteiger partial charge in [-0.25, -0.2) is 0 Å². The van der Waals surface area contributed by atoms with Gasteiger partial charge in [0.15, 0.2) is 8.32 Å². The Balaban J connectivity index is 1.36. The fourth-order valence-electron chi connectivity index (χ4n) is 5.51. The smallest absolute Gasteiger partial charge is 0.243 e. The van der Waals surface area contributed by atoms with Crippen LogP contribution in [0.3, 0.4) is 0 Å². The van der Waals surface area contributed by atoms with E-state index >= 15 is 0 Å². The summed E-state index contributed by atoms with van der Waals surface area (Å²) in [4.78, 5) is 12.5. The van der Waals surface area contributed by atoms with Gasteiger partial charge in [-0.3, -0.25) is 4.79 Å². The lowest BCUT2D eigenvalue weighted by atomic mass is 9.83. The predicted octanol–water partition coefficient (Wildman–Crippen LogP) is 7.25. The van der Waals surface area contributed by atoms with Crippen LogP contribution >= 0.6 is 0 Å². The minimum atomic E-state index is -1.83. The lowest BCUT2D eigenvalue weighted by Gasteiger charge is -2.38. The van der Waals surface area contributed by atoms with E-state index in [1.807, 2.05) is 13.0 Å². The maximum absolute atomic E-state index is 12.5. The molecule has 2 heterocycles. The largest absolute Gasteiger partial charge is 0.411 e. The highest BCUT2D eigenvalue weighted by Crippen LogP contribution is 2.46. The van der Waals surface area contributed by atoms with Crippen LogP contribution < -0.4 is 5.32 Å². The summed E-state index contributed by atoms with van der Waals surface area (Å²) in [7, 11) is -1.83. The normalized spacial score (nSPS) is 31.7. The van der Waals surface area contributed by atoms with Crippen LogP contribution in [-0.2, 0) is 18.7 Å². The van der Waals surface area contributed by atoms with E-state index in [9.17, 15) is 4.79 Å². The van der Waals surface area contributed by atoms with Crippen LogP contribution in [0.15, 0.2) is 36.0 Å². The molecular formula is C31H53NO4Si. The number of hydrogen-bond acceptors (Lipinski definition) is 4. The lowest BCUT2D eigenvalue weighted by Crippen LogP contribution is -2.43. The van der Waals surface area contributed by atoms with Crippen molar-refractivity contribution in [1.82, 2.24) is 5.32 Å². The molecule has 1 amide bonds. The van der Waals surface area contributed by atoms with Crippen LogP contribution in [0.2, 0.25) is 18.1 Å². The van der Waals surface area contributed by atoms with E-state index in [0.29, 0.717) is 5.92 Å². The van der Waals surface area contributed by atoms with Gasteiger partial charge in [0, 0.05) is 25.0 Å². The van der Waals surface area contributed by atoms with Crippen molar-refractivity contribution in [3.8, 4) is 0 Å². The molecule has 1 aliphatic carbocycles. The number of amides is 1. The molecule has 0 aromatic heterocycles. The molecule has 2 aliphatic heterocycles. The predicted molar refractivity (Wildman–Crippen MR) is 155 cm³/mol. The first-order valence-electron chi connectivity index (χ1n) is 14.4. The van der Waals surface area contributed by atoms with E-state index in [2.05, 4.69) is 78.2 Å². The molecule has 1 saturated carbocycles. The number of carbonyl (C=O) groups excluding carboxylic acids is 1. The van der Waals surface area contributed by atoms with Crippen LogP contribution in [0.1, 0.15) is 93.4 Å². The lowest BCUT2D eigenvalue weighted by molar-refractivity contribution is -0.117. The molecule has 3 rings (SSSR count). The highest BCUT2D eigenvalue weighted by atomic mass is 28.4. The summed E-state index contributed by atoms with van der Waals surface area (Å²) >= 11 is 0. The summed E-state index contributed by atoms with van der Waals surface area (Å²) < 4.78 is 18.3. The quantitative estimate of drug-likeness (QED) is 0.147. The van der Waals surface area contributed by atoms with Gasteiger partial charge in [0.25, 0.3) is 0 Å². The zero-order chi connectivity index (χ0) is 27.5. The van der Waals surface area contributed by atoms with Crippen molar-refractivity contribution in [3.05, 3.63) is 36.0 Å². The monoisotopic (exact) mass is 531 g/mol. The van der Waals surface area contributed by atoms with Crippen LogP contribution in [-0.4, -0.2) is 50.3 Å². The van der Waals surface area contributed by atoms with Crippen molar-refractivity contribution in [1.29, 1.82) is 0 Å². The van der Waals surface area contributed by atoms with Crippen molar-refractivity contribution in [3.63, 3.8) is 0 Å². The number of ether oxygens (including phenoxy) is 2. The Morgan fingerprint density at radius 2 is 1.81 bits per heavy atom. The second kappa shape index (κ2) is 11.9. The van der Waals surface area contributed by atoms with Crippen molar-refractivity contribution in [2.75, 3.05) is 6.61 Å². The average molecular weight is 532 g/mol. The molecule has 210 valence electrons. The Morgan fingerprint density at radius 1 is 1.16 bits per heavy atom. The van der Waals surface area contributed by atoms with Crippen molar-refractivity contribution in [2.45, 2.75) is 141 Å².